The standard InChI is InChI=1S/C11H16ClN3/c1-11(2,6-7-12)15-9-14-8-4-3-5-10(14)13-15/h3-5,8H,6-7,9H2,1-2H3. The van der Waals surface area contributed by atoms with Crippen LogP contribution in [0, 0.1) is 0 Å². The smallest absolute Gasteiger partial charge is 0.154 e. The summed E-state index contributed by atoms with van der Waals surface area (Å²) in [6.45, 7) is 5.16. The van der Waals surface area contributed by atoms with Gasteiger partial charge in [-0.2, -0.15) is 5.10 Å². The molecule has 82 valence electrons. The molecule has 0 fully saturated rings. The van der Waals surface area contributed by atoms with Crippen LogP contribution in [0.15, 0.2) is 29.5 Å². The lowest BCUT2D eigenvalue weighted by Crippen LogP contribution is -2.41. The molecule has 4 heteroatoms. The van der Waals surface area contributed by atoms with Gasteiger partial charge in [-0.1, -0.05) is 6.08 Å². The molecule has 0 radical (unpaired) electrons. The fourth-order valence-electron chi connectivity index (χ4n) is 1.66. The molecular formula is C11H16ClN3. The van der Waals surface area contributed by atoms with Crippen LogP contribution in [-0.4, -0.2) is 33.8 Å². The second-order valence-corrected chi connectivity index (χ2v) is 4.80. The number of halogens is 1. The Kier molecular flexibility index (Phi) is 2.74. The van der Waals surface area contributed by atoms with Gasteiger partial charge in [-0.3, -0.25) is 5.01 Å². The molecule has 2 aliphatic rings. The summed E-state index contributed by atoms with van der Waals surface area (Å²) < 4.78 is 0. The lowest BCUT2D eigenvalue weighted by atomic mass is 10.0. The van der Waals surface area contributed by atoms with Crippen molar-refractivity contribution in [2.45, 2.75) is 25.8 Å². The van der Waals surface area contributed by atoms with E-state index in [1.54, 1.807) is 0 Å². The van der Waals surface area contributed by atoms with Gasteiger partial charge in [0.2, 0.25) is 0 Å². The van der Waals surface area contributed by atoms with Crippen LogP contribution in [0.4, 0.5) is 0 Å². The minimum Gasteiger partial charge on any atom is -0.312 e. The van der Waals surface area contributed by atoms with Gasteiger partial charge in [0.05, 0.1) is 5.54 Å². The van der Waals surface area contributed by atoms with Crippen molar-refractivity contribution in [3.05, 3.63) is 24.4 Å². The zero-order valence-electron chi connectivity index (χ0n) is 9.15. The summed E-state index contributed by atoms with van der Waals surface area (Å²) in [6.07, 6.45) is 9.05. The zero-order chi connectivity index (χ0) is 10.9. The van der Waals surface area contributed by atoms with E-state index in [0.29, 0.717) is 5.88 Å². The molecule has 0 amide bonds. The second-order valence-electron chi connectivity index (χ2n) is 4.42. The lowest BCUT2D eigenvalue weighted by molar-refractivity contribution is 0.112. The van der Waals surface area contributed by atoms with Gasteiger partial charge in [0.25, 0.3) is 0 Å². The fourth-order valence-corrected chi connectivity index (χ4v) is 2.13. The van der Waals surface area contributed by atoms with Gasteiger partial charge >= 0.3 is 0 Å². The highest BCUT2D eigenvalue weighted by atomic mass is 35.5. The topological polar surface area (TPSA) is 18.8 Å². The molecule has 0 unspecified atom stereocenters. The van der Waals surface area contributed by atoms with E-state index in [1.165, 1.54) is 0 Å². The summed E-state index contributed by atoms with van der Waals surface area (Å²) in [5, 5.41) is 6.68. The van der Waals surface area contributed by atoms with E-state index in [1.807, 2.05) is 18.2 Å². The average molecular weight is 226 g/mol. The number of fused-ring (bicyclic) bond motifs is 1. The van der Waals surface area contributed by atoms with E-state index >= 15 is 0 Å². The molecule has 15 heavy (non-hydrogen) atoms. The first-order chi connectivity index (χ1) is 7.13. The average Bonchev–Trinajstić information content (AvgIpc) is 2.61. The molecule has 0 aromatic carbocycles. The highest BCUT2D eigenvalue weighted by Crippen LogP contribution is 2.25. The highest BCUT2D eigenvalue weighted by molar-refractivity contribution is 6.17. The molecule has 0 bridgehead atoms. The molecule has 3 nitrogen and oxygen atoms in total. The van der Waals surface area contributed by atoms with E-state index in [4.69, 9.17) is 11.6 Å². The fraction of sp³-hybridized carbons (Fsp3) is 0.545. The quantitative estimate of drug-likeness (QED) is 0.687. The number of nitrogens with zero attached hydrogens (tertiary/aromatic N) is 3. The third kappa shape index (κ3) is 2.02. The number of hydrogen-bond donors (Lipinski definition) is 0. The third-order valence-electron chi connectivity index (χ3n) is 2.83. The Morgan fingerprint density at radius 2 is 2.27 bits per heavy atom. The Morgan fingerprint density at radius 1 is 1.47 bits per heavy atom. The Hall–Kier alpha value is -0.960. The maximum atomic E-state index is 5.80. The summed E-state index contributed by atoms with van der Waals surface area (Å²) in [6, 6.07) is 0. The minimum absolute atomic E-state index is 0.0216. The van der Waals surface area contributed by atoms with E-state index < -0.39 is 0 Å². The summed E-state index contributed by atoms with van der Waals surface area (Å²) in [5.74, 6) is 1.68. The van der Waals surface area contributed by atoms with Crippen LogP contribution in [0.1, 0.15) is 20.3 Å². The first-order valence-electron chi connectivity index (χ1n) is 5.17. The Morgan fingerprint density at radius 3 is 2.93 bits per heavy atom. The van der Waals surface area contributed by atoms with Crippen molar-refractivity contribution in [2.75, 3.05) is 12.5 Å². The van der Waals surface area contributed by atoms with Crippen LogP contribution in [0.2, 0.25) is 0 Å². The number of hydrogen-bond acceptors (Lipinski definition) is 3. The predicted molar refractivity (Wildman–Crippen MR) is 63.7 cm³/mol. The minimum atomic E-state index is 0.0216. The number of hydrazone groups is 1. The van der Waals surface area contributed by atoms with Gasteiger partial charge in [0.1, 0.15) is 6.67 Å². The zero-order valence-corrected chi connectivity index (χ0v) is 9.91. The monoisotopic (exact) mass is 225 g/mol. The third-order valence-corrected chi connectivity index (χ3v) is 3.02. The first-order valence-corrected chi connectivity index (χ1v) is 5.71. The Labute approximate surface area is 95.7 Å². The summed E-state index contributed by atoms with van der Waals surface area (Å²) in [7, 11) is 0. The SMILES string of the molecule is CC(C)(CCCl)N1CN2C=CC=CC2=N1. The summed E-state index contributed by atoms with van der Waals surface area (Å²) in [4.78, 5) is 2.13. The highest BCUT2D eigenvalue weighted by Gasteiger charge is 2.31. The molecule has 0 atom stereocenters. The molecule has 0 aromatic heterocycles. The molecule has 0 N–H and O–H groups in total. The van der Waals surface area contributed by atoms with Crippen LogP contribution in [-0.2, 0) is 0 Å². The number of amidine groups is 1. The normalized spacial score (nSPS) is 19.5. The van der Waals surface area contributed by atoms with Gasteiger partial charge in [0.15, 0.2) is 5.84 Å². The number of allylic oxidation sites excluding steroid dienone is 2. The van der Waals surface area contributed by atoms with Crippen molar-refractivity contribution >= 4 is 17.4 Å². The molecule has 0 aromatic rings. The van der Waals surface area contributed by atoms with Crippen molar-refractivity contribution in [2.24, 2.45) is 5.10 Å². The van der Waals surface area contributed by atoms with Gasteiger partial charge in [-0.05, 0) is 32.4 Å². The van der Waals surface area contributed by atoms with E-state index in [2.05, 4.69) is 35.1 Å². The van der Waals surface area contributed by atoms with E-state index in [0.717, 1.165) is 18.9 Å². The molecule has 0 saturated carbocycles. The second kappa shape index (κ2) is 3.89. The van der Waals surface area contributed by atoms with E-state index in [9.17, 15) is 0 Å². The van der Waals surface area contributed by atoms with Gasteiger partial charge in [0, 0.05) is 12.1 Å². The van der Waals surface area contributed by atoms with Crippen molar-refractivity contribution in [1.82, 2.24) is 9.91 Å². The Bertz CT molecular complexity index is 331. The number of alkyl halides is 1. The first kappa shape index (κ1) is 10.6. The van der Waals surface area contributed by atoms with Gasteiger partial charge in [-0.15, -0.1) is 11.6 Å². The largest absolute Gasteiger partial charge is 0.312 e. The van der Waals surface area contributed by atoms with Crippen molar-refractivity contribution in [3.63, 3.8) is 0 Å². The van der Waals surface area contributed by atoms with E-state index in [-0.39, 0.29) is 5.54 Å². The molecular weight excluding hydrogens is 210 g/mol. The predicted octanol–water partition coefficient (Wildman–Crippen LogP) is 2.37. The van der Waals surface area contributed by atoms with Gasteiger partial charge < -0.3 is 4.90 Å². The molecule has 0 aliphatic carbocycles. The number of rotatable bonds is 3. The maximum Gasteiger partial charge on any atom is 0.154 e. The van der Waals surface area contributed by atoms with Crippen LogP contribution < -0.4 is 0 Å². The lowest BCUT2D eigenvalue weighted by Gasteiger charge is -2.33. The molecule has 2 heterocycles. The summed E-state index contributed by atoms with van der Waals surface area (Å²) >= 11 is 5.80. The van der Waals surface area contributed by atoms with Crippen LogP contribution in [0.3, 0.4) is 0 Å². The maximum absolute atomic E-state index is 5.80. The van der Waals surface area contributed by atoms with Crippen LogP contribution >= 0.6 is 11.6 Å². The molecule has 2 rings (SSSR count). The van der Waals surface area contributed by atoms with Crippen LogP contribution in [0.25, 0.3) is 0 Å². The van der Waals surface area contributed by atoms with Gasteiger partial charge in [-0.25, -0.2) is 0 Å². The Balaban J connectivity index is 2.12. The molecule has 2 aliphatic heterocycles. The van der Waals surface area contributed by atoms with Crippen LogP contribution in [0.5, 0.6) is 0 Å². The summed E-state index contributed by atoms with van der Waals surface area (Å²) in [5.41, 5.74) is 0.0216. The molecule has 0 saturated heterocycles. The van der Waals surface area contributed by atoms with Crippen molar-refractivity contribution in [1.29, 1.82) is 0 Å². The molecule has 0 spiro atoms. The van der Waals surface area contributed by atoms with Crippen molar-refractivity contribution in [3.8, 4) is 0 Å². The van der Waals surface area contributed by atoms with Crippen molar-refractivity contribution < 1.29 is 0 Å².